The lowest BCUT2D eigenvalue weighted by atomic mass is 9.96. The molecule has 0 spiro atoms. The molecule has 1 aromatic carbocycles. The quantitative estimate of drug-likeness (QED) is 0.740. The highest BCUT2D eigenvalue weighted by Gasteiger charge is 2.15. The van der Waals surface area contributed by atoms with Crippen molar-refractivity contribution >= 4 is 11.7 Å². The van der Waals surface area contributed by atoms with Gasteiger partial charge in [0.25, 0.3) is 0 Å². The predicted molar refractivity (Wildman–Crippen MR) is 94.3 cm³/mol. The number of hydrazine groups is 1. The molecule has 1 aliphatic rings. The highest BCUT2D eigenvalue weighted by Crippen LogP contribution is 2.17. The van der Waals surface area contributed by atoms with Gasteiger partial charge in [-0.1, -0.05) is 38.0 Å². The van der Waals surface area contributed by atoms with Crippen LogP contribution in [0.2, 0.25) is 0 Å². The fraction of sp³-hybridized carbons (Fsp3) is 0.333. The number of aromatic nitrogens is 2. The average molecular weight is 325 g/mol. The summed E-state index contributed by atoms with van der Waals surface area (Å²) in [6, 6.07) is 7.93. The van der Waals surface area contributed by atoms with E-state index in [9.17, 15) is 4.79 Å². The summed E-state index contributed by atoms with van der Waals surface area (Å²) < 4.78 is 1.93. The van der Waals surface area contributed by atoms with Crippen molar-refractivity contribution in [3.8, 4) is 5.69 Å². The molecule has 0 saturated heterocycles. The fourth-order valence-electron chi connectivity index (χ4n) is 2.92. The van der Waals surface area contributed by atoms with Gasteiger partial charge in [0.2, 0.25) is 0 Å². The van der Waals surface area contributed by atoms with Gasteiger partial charge in [0.05, 0.1) is 12.0 Å². The molecule has 0 aliphatic heterocycles. The van der Waals surface area contributed by atoms with Crippen molar-refractivity contribution in [1.82, 2.24) is 25.7 Å². The van der Waals surface area contributed by atoms with E-state index < -0.39 is 0 Å². The number of imidazole rings is 1. The van der Waals surface area contributed by atoms with Gasteiger partial charge in [0, 0.05) is 24.1 Å². The first-order valence-corrected chi connectivity index (χ1v) is 8.32. The lowest BCUT2D eigenvalue weighted by Crippen LogP contribution is -2.47. The second-order valence-corrected chi connectivity index (χ2v) is 6.05. The first kappa shape index (κ1) is 16.1. The first-order chi connectivity index (χ1) is 11.7. The SMILES string of the molecule is C=C(NNC(=O)NC1CCCCC1)c1ccc(-n2ccnc2)cc1. The minimum absolute atomic E-state index is 0.210. The number of rotatable bonds is 5. The summed E-state index contributed by atoms with van der Waals surface area (Å²) in [6.45, 7) is 3.96. The number of nitrogens with one attached hydrogen (secondary N) is 3. The molecule has 3 rings (SSSR count). The zero-order chi connectivity index (χ0) is 16.8. The minimum Gasteiger partial charge on any atom is -0.334 e. The molecule has 1 fully saturated rings. The molecule has 1 heterocycles. The Hall–Kier alpha value is -2.76. The van der Waals surface area contributed by atoms with Gasteiger partial charge in [0.1, 0.15) is 0 Å². The molecule has 0 bridgehead atoms. The molecule has 1 aliphatic carbocycles. The molecule has 0 atom stereocenters. The topological polar surface area (TPSA) is 71.0 Å². The molecular formula is C18H23N5O. The maximum Gasteiger partial charge on any atom is 0.333 e. The molecule has 6 heteroatoms. The van der Waals surface area contributed by atoms with Crippen molar-refractivity contribution in [3.05, 3.63) is 55.1 Å². The van der Waals surface area contributed by atoms with Crippen LogP contribution in [0.15, 0.2) is 49.6 Å². The highest BCUT2D eigenvalue weighted by molar-refractivity contribution is 5.75. The first-order valence-electron chi connectivity index (χ1n) is 8.32. The lowest BCUT2D eigenvalue weighted by molar-refractivity contribution is 0.230. The maximum atomic E-state index is 11.9. The Balaban J connectivity index is 1.48. The molecule has 24 heavy (non-hydrogen) atoms. The fourth-order valence-corrected chi connectivity index (χ4v) is 2.92. The van der Waals surface area contributed by atoms with E-state index in [0.717, 1.165) is 24.1 Å². The molecule has 2 amide bonds. The monoisotopic (exact) mass is 325 g/mol. The van der Waals surface area contributed by atoms with Gasteiger partial charge in [0.15, 0.2) is 0 Å². The molecule has 6 nitrogen and oxygen atoms in total. The highest BCUT2D eigenvalue weighted by atomic mass is 16.2. The van der Waals surface area contributed by atoms with Crippen LogP contribution in [-0.2, 0) is 0 Å². The van der Waals surface area contributed by atoms with E-state index in [-0.39, 0.29) is 12.1 Å². The summed E-state index contributed by atoms with van der Waals surface area (Å²) in [5, 5.41) is 2.99. The molecule has 126 valence electrons. The number of benzene rings is 1. The van der Waals surface area contributed by atoms with E-state index in [1.165, 1.54) is 19.3 Å². The van der Waals surface area contributed by atoms with Crippen molar-refractivity contribution in [2.45, 2.75) is 38.1 Å². The Labute approximate surface area is 141 Å². The van der Waals surface area contributed by atoms with Gasteiger partial charge in [-0.2, -0.15) is 0 Å². The van der Waals surface area contributed by atoms with Crippen LogP contribution >= 0.6 is 0 Å². The molecule has 2 aromatic rings. The third-order valence-electron chi connectivity index (χ3n) is 4.29. The smallest absolute Gasteiger partial charge is 0.333 e. The van der Waals surface area contributed by atoms with Gasteiger partial charge in [-0.3, -0.25) is 10.9 Å². The van der Waals surface area contributed by atoms with Crippen molar-refractivity contribution < 1.29 is 4.79 Å². The van der Waals surface area contributed by atoms with Crippen molar-refractivity contribution in [3.63, 3.8) is 0 Å². The molecule has 0 unspecified atom stereocenters. The van der Waals surface area contributed by atoms with Gasteiger partial charge < -0.3 is 9.88 Å². The zero-order valence-electron chi connectivity index (χ0n) is 13.7. The van der Waals surface area contributed by atoms with Crippen molar-refractivity contribution in [2.24, 2.45) is 0 Å². The summed E-state index contributed by atoms with van der Waals surface area (Å²) >= 11 is 0. The van der Waals surface area contributed by atoms with Crippen LogP contribution in [0.1, 0.15) is 37.7 Å². The van der Waals surface area contributed by atoms with Crippen LogP contribution < -0.4 is 16.2 Å². The summed E-state index contributed by atoms with van der Waals surface area (Å²) in [6.07, 6.45) is 11.1. The Bertz CT molecular complexity index is 672. The zero-order valence-corrected chi connectivity index (χ0v) is 13.7. The molecule has 1 saturated carbocycles. The Morgan fingerprint density at radius 1 is 1.12 bits per heavy atom. The summed E-state index contributed by atoms with van der Waals surface area (Å²) in [5.41, 5.74) is 8.10. The summed E-state index contributed by atoms with van der Waals surface area (Å²) in [4.78, 5) is 16.0. The number of hydrogen-bond donors (Lipinski definition) is 3. The Kier molecular flexibility index (Phi) is 5.15. The number of carbonyl (C=O) groups excluding carboxylic acids is 1. The van der Waals surface area contributed by atoms with Crippen LogP contribution in [0.3, 0.4) is 0 Å². The minimum atomic E-state index is -0.210. The van der Waals surface area contributed by atoms with Crippen LogP contribution in [0.5, 0.6) is 0 Å². The molecule has 1 aromatic heterocycles. The number of carbonyl (C=O) groups is 1. The number of hydrogen-bond acceptors (Lipinski definition) is 3. The number of amides is 2. The van der Waals surface area contributed by atoms with E-state index in [2.05, 4.69) is 27.7 Å². The normalized spacial score (nSPS) is 14.8. The van der Waals surface area contributed by atoms with E-state index >= 15 is 0 Å². The van der Waals surface area contributed by atoms with Crippen LogP contribution in [0, 0.1) is 0 Å². The van der Waals surface area contributed by atoms with Crippen LogP contribution in [-0.4, -0.2) is 21.6 Å². The lowest BCUT2D eigenvalue weighted by Gasteiger charge is -2.23. The second kappa shape index (κ2) is 7.68. The third-order valence-corrected chi connectivity index (χ3v) is 4.29. The third kappa shape index (κ3) is 4.16. The van der Waals surface area contributed by atoms with Crippen molar-refractivity contribution in [2.75, 3.05) is 0 Å². The molecular weight excluding hydrogens is 302 g/mol. The van der Waals surface area contributed by atoms with Gasteiger partial charge in [-0.15, -0.1) is 0 Å². The predicted octanol–water partition coefficient (Wildman–Crippen LogP) is 2.98. The van der Waals surface area contributed by atoms with E-state index in [1.54, 1.807) is 12.5 Å². The number of nitrogens with zero attached hydrogens (tertiary/aromatic N) is 2. The van der Waals surface area contributed by atoms with Crippen LogP contribution in [0.4, 0.5) is 4.79 Å². The molecule has 0 radical (unpaired) electrons. The van der Waals surface area contributed by atoms with E-state index in [0.29, 0.717) is 5.70 Å². The summed E-state index contributed by atoms with van der Waals surface area (Å²) in [5.74, 6) is 0. The van der Waals surface area contributed by atoms with Gasteiger partial charge in [-0.05, 0) is 30.5 Å². The largest absolute Gasteiger partial charge is 0.334 e. The second-order valence-electron chi connectivity index (χ2n) is 6.05. The Morgan fingerprint density at radius 3 is 2.54 bits per heavy atom. The summed E-state index contributed by atoms with van der Waals surface area (Å²) in [7, 11) is 0. The van der Waals surface area contributed by atoms with Crippen molar-refractivity contribution in [1.29, 1.82) is 0 Å². The maximum absolute atomic E-state index is 11.9. The van der Waals surface area contributed by atoms with E-state index in [4.69, 9.17) is 0 Å². The molecule has 3 N–H and O–H groups in total. The number of urea groups is 1. The standard InChI is InChI=1S/C18H23N5O/c1-14(21-22-18(24)20-16-5-3-2-4-6-16)15-7-9-17(10-8-15)23-12-11-19-13-23/h7-13,16,21H,1-6H2,(H2,20,22,24). The average Bonchev–Trinajstić information content (AvgIpc) is 3.15. The van der Waals surface area contributed by atoms with Crippen LogP contribution in [0.25, 0.3) is 11.4 Å². The van der Waals surface area contributed by atoms with Gasteiger partial charge in [-0.25, -0.2) is 9.78 Å². The van der Waals surface area contributed by atoms with Gasteiger partial charge >= 0.3 is 6.03 Å². The van der Waals surface area contributed by atoms with E-state index in [1.807, 2.05) is 35.0 Å². The Morgan fingerprint density at radius 2 is 1.88 bits per heavy atom.